The van der Waals surface area contributed by atoms with Crippen molar-refractivity contribution in [3.8, 4) is 0 Å². The molecule has 6 heteroatoms. The van der Waals surface area contributed by atoms with Crippen LogP contribution in [0, 0.1) is 17.8 Å². The van der Waals surface area contributed by atoms with Gasteiger partial charge in [-0.2, -0.15) is 0 Å². The Morgan fingerprint density at radius 1 is 1.18 bits per heavy atom. The molecule has 4 rings (SSSR count). The predicted octanol–water partition coefficient (Wildman–Crippen LogP) is 1.74. The zero-order valence-electron chi connectivity index (χ0n) is 12.5. The first-order chi connectivity index (χ1) is 10.6. The third-order valence-corrected chi connectivity index (χ3v) is 5.35. The van der Waals surface area contributed by atoms with E-state index in [0.29, 0.717) is 24.7 Å². The summed E-state index contributed by atoms with van der Waals surface area (Å²) in [6.45, 7) is 0.846. The highest BCUT2D eigenvalue weighted by Gasteiger charge is 2.47. The Balaban J connectivity index is 1.56. The van der Waals surface area contributed by atoms with E-state index in [9.17, 15) is 14.7 Å². The minimum Gasteiger partial charge on any atom is -0.481 e. The fraction of sp³-hybridized carbons (Fsp3) is 0.688. The average molecular weight is 304 g/mol. The molecule has 1 saturated heterocycles. The molecule has 2 aliphatic carbocycles. The summed E-state index contributed by atoms with van der Waals surface area (Å²) in [5.41, 5.74) is 1.35. The summed E-state index contributed by atoms with van der Waals surface area (Å²) in [5, 5.41) is 13.4. The Hall–Kier alpha value is -1.85. The van der Waals surface area contributed by atoms with Gasteiger partial charge >= 0.3 is 5.97 Å². The van der Waals surface area contributed by atoms with Crippen molar-refractivity contribution < 1.29 is 19.2 Å². The molecule has 2 heterocycles. The number of hydrogen-bond acceptors (Lipinski definition) is 4. The van der Waals surface area contributed by atoms with Crippen molar-refractivity contribution in [2.75, 3.05) is 13.1 Å². The highest BCUT2D eigenvalue weighted by atomic mass is 16.5. The lowest BCUT2D eigenvalue weighted by Gasteiger charge is -2.16. The van der Waals surface area contributed by atoms with Gasteiger partial charge < -0.3 is 14.5 Å². The van der Waals surface area contributed by atoms with Crippen LogP contribution in [0.15, 0.2) is 4.52 Å². The number of carbonyl (C=O) groups is 2. The molecule has 1 aromatic rings. The Morgan fingerprint density at radius 3 is 2.68 bits per heavy atom. The Bertz CT molecular complexity index is 620. The average Bonchev–Trinajstić information content (AvgIpc) is 3.12. The number of carboxylic acids is 1. The molecule has 1 N–H and O–H groups in total. The Kier molecular flexibility index (Phi) is 3.20. The molecule has 22 heavy (non-hydrogen) atoms. The lowest BCUT2D eigenvalue weighted by atomic mass is 9.92. The molecular weight excluding hydrogens is 284 g/mol. The first-order valence-electron chi connectivity index (χ1n) is 8.14. The van der Waals surface area contributed by atoms with Crippen LogP contribution in [0.3, 0.4) is 0 Å². The predicted molar refractivity (Wildman–Crippen MR) is 76.4 cm³/mol. The molecule has 0 radical (unpaired) electrons. The van der Waals surface area contributed by atoms with Gasteiger partial charge in [-0.3, -0.25) is 9.59 Å². The first kappa shape index (κ1) is 13.8. The smallest absolute Gasteiger partial charge is 0.308 e. The number of carbonyl (C=O) groups excluding carboxylic acids is 1. The number of fused-ring (bicyclic) bond motifs is 1. The van der Waals surface area contributed by atoms with Crippen LogP contribution in [0.2, 0.25) is 0 Å². The van der Waals surface area contributed by atoms with Crippen LogP contribution in [-0.2, 0) is 17.6 Å². The van der Waals surface area contributed by atoms with E-state index in [1.165, 1.54) is 0 Å². The van der Waals surface area contributed by atoms with Crippen LogP contribution >= 0.6 is 0 Å². The summed E-state index contributed by atoms with van der Waals surface area (Å²) >= 11 is 0. The zero-order valence-corrected chi connectivity index (χ0v) is 12.5. The fourth-order valence-electron chi connectivity index (χ4n) is 3.96. The minimum atomic E-state index is -0.783. The second kappa shape index (κ2) is 5.11. The zero-order chi connectivity index (χ0) is 15.3. The van der Waals surface area contributed by atoms with Crippen molar-refractivity contribution in [3.05, 3.63) is 17.0 Å². The van der Waals surface area contributed by atoms with Crippen molar-refractivity contribution >= 4 is 11.9 Å². The molecule has 0 bridgehead atoms. The molecule has 1 aromatic heterocycles. The minimum absolute atomic E-state index is 0.101. The summed E-state index contributed by atoms with van der Waals surface area (Å²) in [5.74, 6) is 0.0477. The SMILES string of the molecule is O=C(O)[C@H]1CN(C(=O)c2noc3c2CCCC3)C[C@@H]1C1CC1. The number of amides is 1. The van der Waals surface area contributed by atoms with Crippen molar-refractivity contribution in [1.29, 1.82) is 0 Å². The van der Waals surface area contributed by atoms with Crippen LogP contribution < -0.4 is 0 Å². The first-order valence-corrected chi connectivity index (χ1v) is 8.14. The van der Waals surface area contributed by atoms with Gasteiger partial charge in [0, 0.05) is 25.1 Å². The highest BCUT2D eigenvalue weighted by molar-refractivity contribution is 5.94. The van der Waals surface area contributed by atoms with Gasteiger partial charge in [-0.1, -0.05) is 5.16 Å². The third-order valence-electron chi connectivity index (χ3n) is 5.35. The summed E-state index contributed by atoms with van der Waals surface area (Å²) in [6, 6.07) is 0. The molecule has 1 saturated carbocycles. The number of carboxylic acid groups (broad SMARTS) is 1. The molecular formula is C16H20N2O4. The van der Waals surface area contributed by atoms with E-state index in [0.717, 1.165) is 49.8 Å². The van der Waals surface area contributed by atoms with Gasteiger partial charge in [0.05, 0.1) is 5.92 Å². The lowest BCUT2D eigenvalue weighted by molar-refractivity contribution is -0.142. The molecule has 1 amide bonds. The molecule has 118 valence electrons. The molecule has 2 atom stereocenters. The number of likely N-dealkylation sites (tertiary alicyclic amines) is 1. The van der Waals surface area contributed by atoms with Gasteiger partial charge in [0.25, 0.3) is 5.91 Å². The van der Waals surface area contributed by atoms with Crippen LogP contribution in [0.5, 0.6) is 0 Å². The van der Waals surface area contributed by atoms with Gasteiger partial charge in [0.15, 0.2) is 5.69 Å². The van der Waals surface area contributed by atoms with Crippen molar-refractivity contribution in [2.24, 2.45) is 17.8 Å². The van der Waals surface area contributed by atoms with E-state index in [2.05, 4.69) is 5.16 Å². The second-order valence-corrected chi connectivity index (χ2v) is 6.80. The number of hydrogen-bond donors (Lipinski definition) is 1. The number of aliphatic carboxylic acids is 1. The molecule has 3 aliphatic rings. The van der Waals surface area contributed by atoms with Gasteiger partial charge in [-0.15, -0.1) is 0 Å². The summed E-state index contributed by atoms with van der Waals surface area (Å²) in [7, 11) is 0. The number of aromatic nitrogens is 1. The summed E-state index contributed by atoms with van der Waals surface area (Å²) in [4.78, 5) is 25.9. The van der Waals surface area contributed by atoms with E-state index in [1.807, 2.05) is 0 Å². The Labute approximate surface area is 128 Å². The summed E-state index contributed by atoms with van der Waals surface area (Å²) in [6.07, 6.45) is 5.99. The maximum atomic E-state index is 12.7. The van der Waals surface area contributed by atoms with Gasteiger partial charge in [0.2, 0.25) is 0 Å². The topological polar surface area (TPSA) is 83.6 Å². The van der Waals surface area contributed by atoms with Gasteiger partial charge in [0.1, 0.15) is 5.76 Å². The monoisotopic (exact) mass is 304 g/mol. The van der Waals surface area contributed by atoms with E-state index >= 15 is 0 Å². The van der Waals surface area contributed by atoms with Crippen LogP contribution in [-0.4, -0.2) is 40.1 Å². The number of aryl methyl sites for hydroxylation is 1. The molecule has 0 unspecified atom stereocenters. The number of nitrogens with zero attached hydrogens (tertiary/aromatic N) is 2. The molecule has 6 nitrogen and oxygen atoms in total. The third kappa shape index (κ3) is 2.21. The molecule has 1 aliphatic heterocycles. The quantitative estimate of drug-likeness (QED) is 0.919. The normalized spacial score (nSPS) is 27.7. The van der Waals surface area contributed by atoms with Gasteiger partial charge in [-0.05, 0) is 43.9 Å². The standard InChI is InChI=1S/C16H20N2O4/c19-15(14-10-3-1-2-4-13(10)22-17-14)18-7-11(9-5-6-9)12(8-18)16(20)21/h9,11-12H,1-8H2,(H,20,21)/t11-,12+/m1/s1. The van der Waals surface area contributed by atoms with Crippen LogP contribution in [0.4, 0.5) is 0 Å². The van der Waals surface area contributed by atoms with E-state index in [4.69, 9.17) is 4.52 Å². The fourth-order valence-corrected chi connectivity index (χ4v) is 3.96. The Morgan fingerprint density at radius 2 is 1.95 bits per heavy atom. The molecule has 0 aromatic carbocycles. The number of rotatable bonds is 3. The second-order valence-electron chi connectivity index (χ2n) is 6.80. The van der Waals surface area contributed by atoms with E-state index in [1.54, 1.807) is 4.90 Å². The largest absolute Gasteiger partial charge is 0.481 e. The highest BCUT2D eigenvalue weighted by Crippen LogP contribution is 2.44. The van der Waals surface area contributed by atoms with E-state index in [-0.39, 0.29) is 11.8 Å². The maximum Gasteiger partial charge on any atom is 0.308 e. The van der Waals surface area contributed by atoms with Crippen molar-refractivity contribution in [1.82, 2.24) is 10.1 Å². The van der Waals surface area contributed by atoms with Crippen LogP contribution in [0.1, 0.15) is 47.5 Å². The summed E-state index contributed by atoms with van der Waals surface area (Å²) < 4.78 is 5.31. The van der Waals surface area contributed by atoms with E-state index < -0.39 is 11.9 Å². The van der Waals surface area contributed by atoms with Crippen LogP contribution in [0.25, 0.3) is 0 Å². The lowest BCUT2D eigenvalue weighted by Crippen LogP contribution is -2.31. The van der Waals surface area contributed by atoms with Crippen molar-refractivity contribution in [3.63, 3.8) is 0 Å². The molecule has 2 fully saturated rings. The van der Waals surface area contributed by atoms with Gasteiger partial charge in [-0.25, -0.2) is 0 Å². The maximum absolute atomic E-state index is 12.7. The molecule has 0 spiro atoms. The van der Waals surface area contributed by atoms with Crippen molar-refractivity contribution in [2.45, 2.75) is 38.5 Å².